The first-order valence-corrected chi connectivity index (χ1v) is 8.98. The first kappa shape index (κ1) is 15.8. The van der Waals surface area contributed by atoms with Crippen molar-refractivity contribution in [3.63, 3.8) is 0 Å². The SMILES string of the molecule is CC1Cc2nnc(COc3cncc(Cl)c3)n2CCN1C1CCC1. The van der Waals surface area contributed by atoms with E-state index in [1.54, 1.807) is 18.5 Å². The Hall–Kier alpha value is -1.66. The number of nitrogens with zero attached hydrogens (tertiary/aromatic N) is 5. The second-order valence-corrected chi connectivity index (χ2v) is 7.12. The van der Waals surface area contributed by atoms with Crippen LogP contribution in [-0.4, -0.2) is 43.3 Å². The van der Waals surface area contributed by atoms with Crippen molar-refractivity contribution in [2.75, 3.05) is 6.54 Å². The van der Waals surface area contributed by atoms with Crippen molar-refractivity contribution in [2.24, 2.45) is 0 Å². The van der Waals surface area contributed by atoms with Crippen LogP contribution in [0.1, 0.15) is 37.8 Å². The molecule has 0 saturated heterocycles. The van der Waals surface area contributed by atoms with Crippen LogP contribution >= 0.6 is 11.6 Å². The summed E-state index contributed by atoms with van der Waals surface area (Å²) in [7, 11) is 0. The third-order valence-corrected chi connectivity index (χ3v) is 5.33. The van der Waals surface area contributed by atoms with Crippen molar-refractivity contribution in [2.45, 2.75) is 57.8 Å². The van der Waals surface area contributed by atoms with E-state index in [2.05, 4.69) is 31.6 Å². The molecule has 4 rings (SSSR count). The van der Waals surface area contributed by atoms with Gasteiger partial charge >= 0.3 is 0 Å². The summed E-state index contributed by atoms with van der Waals surface area (Å²) in [6, 6.07) is 3.04. The molecule has 0 amide bonds. The molecule has 1 unspecified atom stereocenters. The fraction of sp³-hybridized carbons (Fsp3) is 0.588. The number of ether oxygens (including phenoxy) is 1. The summed E-state index contributed by atoms with van der Waals surface area (Å²) < 4.78 is 8.00. The van der Waals surface area contributed by atoms with E-state index < -0.39 is 0 Å². The van der Waals surface area contributed by atoms with Crippen molar-refractivity contribution in [1.29, 1.82) is 0 Å². The Bertz CT molecular complexity index is 715. The molecule has 1 fully saturated rings. The Labute approximate surface area is 146 Å². The van der Waals surface area contributed by atoms with Crippen molar-refractivity contribution >= 4 is 11.6 Å². The molecule has 0 N–H and O–H groups in total. The average molecular weight is 348 g/mol. The molecule has 24 heavy (non-hydrogen) atoms. The highest BCUT2D eigenvalue weighted by molar-refractivity contribution is 6.30. The van der Waals surface area contributed by atoms with Crippen LogP contribution in [-0.2, 0) is 19.6 Å². The smallest absolute Gasteiger partial charge is 0.171 e. The van der Waals surface area contributed by atoms with Gasteiger partial charge in [-0.15, -0.1) is 10.2 Å². The molecule has 3 heterocycles. The average Bonchev–Trinajstić information content (AvgIpc) is 2.81. The lowest BCUT2D eigenvalue weighted by molar-refractivity contribution is 0.0886. The molecule has 1 saturated carbocycles. The predicted octanol–water partition coefficient (Wildman–Crippen LogP) is 2.70. The third kappa shape index (κ3) is 3.13. The number of pyridine rings is 1. The maximum absolute atomic E-state index is 5.94. The van der Waals surface area contributed by atoms with Crippen LogP contribution in [0.25, 0.3) is 0 Å². The molecule has 7 heteroatoms. The second-order valence-electron chi connectivity index (χ2n) is 6.69. The van der Waals surface area contributed by atoms with Crippen molar-refractivity contribution in [1.82, 2.24) is 24.6 Å². The molecule has 2 aliphatic rings. The van der Waals surface area contributed by atoms with Crippen LogP contribution in [0.15, 0.2) is 18.5 Å². The lowest BCUT2D eigenvalue weighted by atomic mass is 9.90. The minimum Gasteiger partial charge on any atom is -0.484 e. The molecule has 128 valence electrons. The number of fused-ring (bicyclic) bond motifs is 1. The van der Waals surface area contributed by atoms with E-state index in [4.69, 9.17) is 16.3 Å². The molecule has 0 aromatic carbocycles. The van der Waals surface area contributed by atoms with E-state index in [9.17, 15) is 0 Å². The normalized spacial score (nSPS) is 21.8. The first-order chi connectivity index (χ1) is 11.7. The van der Waals surface area contributed by atoms with Gasteiger partial charge < -0.3 is 9.30 Å². The van der Waals surface area contributed by atoms with E-state index in [1.807, 2.05) is 0 Å². The Morgan fingerprint density at radius 2 is 2.12 bits per heavy atom. The third-order valence-electron chi connectivity index (χ3n) is 5.12. The summed E-state index contributed by atoms with van der Waals surface area (Å²) in [6.07, 6.45) is 8.24. The number of hydrogen-bond donors (Lipinski definition) is 0. The van der Waals surface area contributed by atoms with Crippen LogP contribution < -0.4 is 4.74 Å². The van der Waals surface area contributed by atoms with Crippen molar-refractivity contribution in [3.8, 4) is 5.75 Å². The molecule has 1 aliphatic carbocycles. The summed E-state index contributed by atoms with van der Waals surface area (Å²) in [5.41, 5.74) is 0. The zero-order valence-corrected chi connectivity index (χ0v) is 14.6. The Balaban J connectivity index is 1.46. The zero-order valence-electron chi connectivity index (χ0n) is 13.9. The fourth-order valence-corrected chi connectivity index (χ4v) is 3.75. The van der Waals surface area contributed by atoms with E-state index in [-0.39, 0.29) is 0 Å². The van der Waals surface area contributed by atoms with Gasteiger partial charge in [0, 0.05) is 43.9 Å². The van der Waals surface area contributed by atoms with E-state index in [0.717, 1.165) is 37.2 Å². The summed E-state index contributed by atoms with van der Waals surface area (Å²) >= 11 is 5.94. The van der Waals surface area contributed by atoms with E-state index in [0.29, 0.717) is 23.4 Å². The molecule has 2 aromatic rings. The molecule has 1 aliphatic heterocycles. The Morgan fingerprint density at radius 1 is 1.25 bits per heavy atom. The number of halogens is 1. The van der Waals surface area contributed by atoms with Gasteiger partial charge in [0.15, 0.2) is 5.82 Å². The van der Waals surface area contributed by atoms with E-state index >= 15 is 0 Å². The molecule has 6 nitrogen and oxygen atoms in total. The molecule has 1 atom stereocenters. The highest BCUT2D eigenvalue weighted by Gasteiger charge is 2.31. The van der Waals surface area contributed by atoms with Gasteiger partial charge in [-0.2, -0.15) is 0 Å². The van der Waals surface area contributed by atoms with Crippen LogP contribution in [0.5, 0.6) is 5.75 Å². The van der Waals surface area contributed by atoms with Crippen molar-refractivity contribution < 1.29 is 4.74 Å². The molecule has 0 radical (unpaired) electrons. The van der Waals surface area contributed by atoms with Crippen LogP contribution in [0.2, 0.25) is 5.02 Å². The Morgan fingerprint density at radius 3 is 2.88 bits per heavy atom. The summed E-state index contributed by atoms with van der Waals surface area (Å²) in [5.74, 6) is 2.58. The quantitative estimate of drug-likeness (QED) is 0.851. The molecule has 2 aromatic heterocycles. The summed E-state index contributed by atoms with van der Waals surface area (Å²) in [6.45, 7) is 4.67. The second kappa shape index (κ2) is 6.69. The lowest BCUT2D eigenvalue weighted by Crippen LogP contribution is -2.46. The Kier molecular flexibility index (Phi) is 4.41. The van der Waals surface area contributed by atoms with Gasteiger partial charge in [0.25, 0.3) is 0 Å². The maximum Gasteiger partial charge on any atom is 0.171 e. The molecule has 0 bridgehead atoms. The van der Waals surface area contributed by atoms with Crippen LogP contribution in [0.4, 0.5) is 0 Å². The van der Waals surface area contributed by atoms with Gasteiger partial charge in [0.2, 0.25) is 0 Å². The first-order valence-electron chi connectivity index (χ1n) is 8.61. The van der Waals surface area contributed by atoms with Gasteiger partial charge in [-0.05, 0) is 19.8 Å². The van der Waals surface area contributed by atoms with Gasteiger partial charge in [-0.25, -0.2) is 0 Å². The highest BCUT2D eigenvalue weighted by atomic mass is 35.5. The number of rotatable bonds is 4. The van der Waals surface area contributed by atoms with E-state index in [1.165, 1.54) is 19.3 Å². The minimum atomic E-state index is 0.382. The number of hydrogen-bond acceptors (Lipinski definition) is 5. The minimum absolute atomic E-state index is 0.382. The molecule has 0 spiro atoms. The topological polar surface area (TPSA) is 56.1 Å². The summed E-state index contributed by atoms with van der Waals surface area (Å²) in [4.78, 5) is 6.68. The van der Waals surface area contributed by atoms with Gasteiger partial charge in [-0.1, -0.05) is 18.0 Å². The maximum atomic E-state index is 5.94. The van der Waals surface area contributed by atoms with Gasteiger partial charge in [0.1, 0.15) is 18.2 Å². The molecular weight excluding hydrogens is 326 g/mol. The molecular formula is C17H22ClN5O. The van der Waals surface area contributed by atoms with Crippen LogP contribution in [0, 0.1) is 0 Å². The zero-order chi connectivity index (χ0) is 16.5. The van der Waals surface area contributed by atoms with Gasteiger partial charge in [-0.3, -0.25) is 9.88 Å². The summed E-state index contributed by atoms with van der Waals surface area (Å²) in [5, 5.41) is 9.30. The van der Waals surface area contributed by atoms with Gasteiger partial charge in [0.05, 0.1) is 11.2 Å². The monoisotopic (exact) mass is 347 g/mol. The van der Waals surface area contributed by atoms with Crippen molar-refractivity contribution in [3.05, 3.63) is 35.1 Å². The van der Waals surface area contributed by atoms with Crippen LogP contribution in [0.3, 0.4) is 0 Å². The standard InChI is InChI=1S/C17H22ClN5O/c1-12-7-16-20-21-17(11-24-15-8-13(18)9-19-10-15)23(16)6-5-22(12)14-3-2-4-14/h8-10,12,14H,2-7,11H2,1H3. The largest absolute Gasteiger partial charge is 0.484 e. The fourth-order valence-electron chi connectivity index (χ4n) is 3.59. The predicted molar refractivity (Wildman–Crippen MR) is 91.1 cm³/mol. The lowest BCUT2D eigenvalue weighted by Gasteiger charge is -2.40. The highest BCUT2D eigenvalue weighted by Crippen LogP contribution is 2.28. The number of aromatic nitrogens is 4.